The second-order valence-corrected chi connectivity index (χ2v) is 5.58. The lowest BCUT2D eigenvalue weighted by molar-refractivity contribution is 0.610. The van der Waals surface area contributed by atoms with Gasteiger partial charge in [-0.05, 0) is 12.8 Å². The molecule has 0 spiro atoms. The van der Waals surface area contributed by atoms with Gasteiger partial charge < -0.3 is 9.88 Å². The summed E-state index contributed by atoms with van der Waals surface area (Å²) in [6, 6.07) is 0. The molecule has 0 amide bonds. The van der Waals surface area contributed by atoms with Crippen molar-refractivity contribution in [3.05, 3.63) is 24.2 Å². The predicted octanol–water partition coefficient (Wildman–Crippen LogP) is 1.29. The number of nitrogens with one attached hydrogen (secondary N) is 1. The summed E-state index contributed by atoms with van der Waals surface area (Å²) in [6.45, 7) is 1.61. The number of rotatable bonds is 3. The summed E-state index contributed by atoms with van der Waals surface area (Å²) in [5.74, 6) is 2.85. The monoisotopic (exact) mass is 298 g/mol. The number of fused-ring (bicyclic) bond motifs is 2. The second-order valence-electron chi connectivity index (χ2n) is 5.58. The molecule has 22 heavy (non-hydrogen) atoms. The van der Waals surface area contributed by atoms with Crippen LogP contribution in [-0.4, -0.2) is 34.5 Å². The van der Waals surface area contributed by atoms with E-state index in [2.05, 4.69) is 35.1 Å². The van der Waals surface area contributed by atoms with E-state index in [1.54, 1.807) is 17.2 Å². The van der Waals surface area contributed by atoms with Crippen molar-refractivity contribution in [1.82, 2.24) is 34.5 Å². The molecule has 0 saturated carbocycles. The number of nitrogens with zero attached hydrogens (tertiary/aromatic N) is 7. The zero-order chi connectivity index (χ0) is 14.9. The zero-order valence-corrected chi connectivity index (χ0v) is 12.5. The molecule has 0 atom stereocenters. The molecule has 0 bridgehead atoms. The summed E-state index contributed by atoms with van der Waals surface area (Å²) in [6.07, 6.45) is 8.01. The Labute approximate surface area is 127 Å². The molecule has 0 aromatic carbocycles. The van der Waals surface area contributed by atoms with Crippen LogP contribution >= 0.6 is 0 Å². The van der Waals surface area contributed by atoms with Gasteiger partial charge in [-0.3, -0.25) is 4.68 Å². The Bertz CT molecular complexity index is 802. The normalized spacial score (nSPS) is 14.8. The Morgan fingerprint density at radius 1 is 1.18 bits per heavy atom. The standard InChI is InChI=1S/C14H18N8/c1-21-14-10(7-18-21)13(16-9-17-14)15-8-12-20-19-11-5-3-2-4-6-22(11)12/h7,9H,2-6,8H2,1H3,(H,15,16,17). The van der Waals surface area contributed by atoms with Crippen molar-refractivity contribution in [2.45, 2.75) is 38.8 Å². The van der Waals surface area contributed by atoms with E-state index in [0.717, 1.165) is 41.5 Å². The van der Waals surface area contributed by atoms with Gasteiger partial charge in [-0.15, -0.1) is 10.2 Å². The fraction of sp³-hybridized carbons (Fsp3) is 0.500. The number of aryl methyl sites for hydroxylation is 2. The van der Waals surface area contributed by atoms with Crippen LogP contribution in [0.1, 0.15) is 30.9 Å². The first-order chi connectivity index (χ1) is 10.8. The third-order valence-electron chi connectivity index (χ3n) is 4.13. The van der Waals surface area contributed by atoms with Crippen molar-refractivity contribution in [2.24, 2.45) is 7.05 Å². The summed E-state index contributed by atoms with van der Waals surface area (Å²) in [4.78, 5) is 8.56. The van der Waals surface area contributed by atoms with Gasteiger partial charge in [-0.25, -0.2) is 9.97 Å². The number of hydrogen-bond donors (Lipinski definition) is 1. The van der Waals surface area contributed by atoms with Crippen LogP contribution in [0.5, 0.6) is 0 Å². The molecule has 3 aromatic heterocycles. The van der Waals surface area contributed by atoms with Crippen LogP contribution in [0.3, 0.4) is 0 Å². The minimum absolute atomic E-state index is 0.605. The number of aromatic nitrogens is 7. The molecular weight excluding hydrogens is 280 g/mol. The third kappa shape index (κ3) is 2.20. The van der Waals surface area contributed by atoms with E-state index in [1.165, 1.54) is 19.3 Å². The zero-order valence-electron chi connectivity index (χ0n) is 12.5. The van der Waals surface area contributed by atoms with E-state index in [1.807, 2.05) is 7.05 Å². The van der Waals surface area contributed by atoms with Crippen molar-refractivity contribution in [2.75, 3.05) is 5.32 Å². The first-order valence-electron chi connectivity index (χ1n) is 7.60. The first-order valence-corrected chi connectivity index (χ1v) is 7.60. The molecule has 114 valence electrons. The summed E-state index contributed by atoms with van der Waals surface area (Å²) in [5, 5.41) is 17.1. The van der Waals surface area contributed by atoms with Gasteiger partial charge in [0.1, 0.15) is 18.0 Å². The molecule has 0 fully saturated rings. The van der Waals surface area contributed by atoms with Gasteiger partial charge in [0.25, 0.3) is 0 Å². The van der Waals surface area contributed by atoms with Crippen molar-refractivity contribution >= 4 is 16.9 Å². The van der Waals surface area contributed by atoms with Gasteiger partial charge >= 0.3 is 0 Å². The average Bonchev–Trinajstić information content (AvgIpc) is 3.01. The van der Waals surface area contributed by atoms with Crippen molar-refractivity contribution in [3.63, 3.8) is 0 Å². The highest BCUT2D eigenvalue weighted by Crippen LogP contribution is 2.19. The maximum absolute atomic E-state index is 4.33. The van der Waals surface area contributed by atoms with E-state index in [4.69, 9.17) is 0 Å². The molecule has 0 radical (unpaired) electrons. The molecular formula is C14H18N8. The van der Waals surface area contributed by atoms with Crippen LogP contribution in [0.25, 0.3) is 11.0 Å². The molecule has 4 heterocycles. The van der Waals surface area contributed by atoms with E-state index in [0.29, 0.717) is 6.54 Å². The summed E-state index contributed by atoms with van der Waals surface area (Å²) in [5.41, 5.74) is 0.817. The van der Waals surface area contributed by atoms with Gasteiger partial charge in [-0.1, -0.05) is 6.42 Å². The minimum atomic E-state index is 0.605. The van der Waals surface area contributed by atoms with Crippen LogP contribution in [0.4, 0.5) is 5.82 Å². The lowest BCUT2D eigenvalue weighted by Crippen LogP contribution is -2.11. The SMILES string of the molecule is Cn1ncc2c(NCc3nnc4n3CCCCC4)ncnc21. The van der Waals surface area contributed by atoms with Crippen LogP contribution < -0.4 is 5.32 Å². The fourth-order valence-corrected chi connectivity index (χ4v) is 2.94. The highest BCUT2D eigenvalue weighted by atomic mass is 15.3. The van der Waals surface area contributed by atoms with Gasteiger partial charge in [-0.2, -0.15) is 5.10 Å². The summed E-state index contributed by atoms with van der Waals surface area (Å²) in [7, 11) is 1.87. The Balaban J connectivity index is 1.58. The summed E-state index contributed by atoms with van der Waals surface area (Å²) < 4.78 is 3.98. The molecule has 0 aliphatic carbocycles. The van der Waals surface area contributed by atoms with Crippen LogP contribution in [0, 0.1) is 0 Å². The lowest BCUT2D eigenvalue weighted by Gasteiger charge is -2.09. The number of hydrogen-bond acceptors (Lipinski definition) is 6. The quantitative estimate of drug-likeness (QED) is 0.784. The Morgan fingerprint density at radius 3 is 3.09 bits per heavy atom. The van der Waals surface area contributed by atoms with E-state index < -0.39 is 0 Å². The van der Waals surface area contributed by atoms with E-state index in [-0.39, 0.29) is 0 Å². The highest BCUT2D eigenvalue weighted by Gasteiger charge is 2.15. The minimum Gasteiger partial charge on any atom is -0.362 e. The van der Waals surface area contributed by atoms with E-state index in [9.17, 15) is 0 Å². The van der Waals surface area contributed by atoms with Gasteiger partial charge in [0.2, 0.25) is 0 Å². The van der Waals surface area contributed by atoms with Crippen molar-refractivity contribution in [3.8, 4) is 0 Å². The van der Waals surface area contributed by atoms with Gasteiger partial charge in [0.15, 0.2) is 11.5 Å². The van der Waals surface area contributed by atoms with Crippen molar-refractivity contribution in [1.29, 1.82) is 0 Å². The predicted molar refractivity (Wildman–Crippen MR) is 81.2 cm³/mol. The molecule has 0 unspecified atom stereocenters. The molecule has 4 rings (SSSR count). The molecule has 1 aliphatic heterocycles. The third-order valence-corrected chi connectivity index (χ3v) is 4.13. The van der Waals surface area contributed by atoms with Gasteiger partial charge in [0.05, 0.1) is 18.1 Å². The fourth-order valence-electron chi connectivity index (χ4n) is 2.94. The second kappa shape index (κ2) is 5.36. The Hall–Kier alpha value is -2.51. The Kier molecular flexibility index (Phi) is 3.21. The molecule has 0 saturated heterocycles. The lowest BCUT2D eigenvalue weighted by atomic mass is 10.2. The molecule has 3 aromatic rings. The average molecular weight is 298 g/mol. The smallest absolute Gasteiger partial charge is 0.163 e. The van der Waals surface area contributed by atoms with Crippen LogP contribution in [-0.2, 0) is 26.6 Å². The highest BCUT2D eigenvalue weighted by molar-refractivity contribution is 5.85. The van der Waals surface area contributed by atoms with Crippen LogP contribution in [0.15, 0.2) is 12.5 Å². The van der Waals surface area contributed by atoms with E-state index >= 15 is 0 Å². The molecule has 8 nitrogen and oxygen atoms in total. The van der Waals surface area contributed by atoms with Crippen molar-refractivity contribution < 1.29 is 0 Å². The topological polar surface area (TPSA) is 86.3 Å². The molecule has 1 N–H and O–H groups in total. The van der Waals surface area contributed by atoms with Crippen LogP contribution in [0.2, 0.25) is 0 Å². The van der Waals surface area contributed by atoms with Gasteiger partial charge in [0, 0.05) is 20.0 Å². The maximum Gasteiger partial charge on any atom is 0.163 e. The maximum atomic E-state index is 4.33. The Morgan fingerprint density at radius 2 is 2.14 bits per heavy atom. The largest absolute Gasteiger partial charge is 0.362 e. The first kappa shape index (κ1) is 13.2. The molecule has 8 heteroatoms. The molecule has 1 aliphatic rings. The summed E-state index contributed by atoms with van der Waals surface area (Å²) >= 11 is 0. The number of anilines is 1.